The van der Waals surface area contributed by atoms with E-state index in [0.717, 1.165) is 18.2 Å². The first-order valence-electron chi connectivity index (χ1n) is 9.94. The molecule has 1 fully saturated rings. The Bertz CT molecular complexity index is 1090. The fourth-order valence-corrected chi connectivity index (χ4v) is 4.01. The van der Waals surface area contributed by atoms with Crippen LogP contribution in [-0.2, 0) is 11.2 Å². The number of nitrogens with one attached hydrogen (secondary N) is 2. The Balaban J connectivity index is 1.41. The maximum Gasteiger partial charge on any atom is 0.289 e. The van der Waals surface area contributed by atoms with Crippen molar-refractivity contribution in [3.05, 3.63) is 40.7 Å². The number of hydrogen-bond acceptors (Lipinski definition) is 10. The normalized spacial score (nSPS) is 13.6. The van der Waals surface area contributed by atoms with Gasteiger partial charge in [0.2, 0.25) is 5.88 Å². The molecule has 0 saturated carbocycles. The summed E-state index contributed by atoms with van der Waals surface area (Å²) in [5, 5.41) is 14.6. The van der Waals surface area contributed by atoms with E-state index in [4.69, 9.17) is 9.47 Å². The molecule has 13 heteroatoms. The number of ether oxygens (including phenoxy) is 2. The maximum absolute atomic E-state index is 12.7. The van der Waals surface area contributed by atoms with Gasteiger partial charge in [-0.25, -0.2) is 9.67 Å². The minimum absolute atomic E-state index is 0.233. The zero-order chi connectivity index (χ0) is 22.5. The molecule has 168 valence electrons. The number of morpholine rings is 1. The van der Waals surface area contributed by atoms with Crippen molar-refractivity contribution in [1.29, 1.82) is 0 Å². The average Bonchev–Trinajstić information content (AvgIpc) is 3.50. The number of amides is 2. The van der Waals surface area contributed by atoms with Crippen molar-refractivity contribution >= 4 is 28.3 Å². The van der Waals surface area contributed by atoms with Crippen LogP contribution in [0.3, 0.4) is 0 Å². The van der Waals surface area contributed by atoms with E-state index < -0.39 is 11.8 Å². The van der Waals surface area contributed by atoms with Crippen LogP contribution in [0.4, 0.5) is 5.13 Å². The summed E-state index contributed by atoms with van der Waals surface area (Å²) in [6.07, 6.45) is 1.94. The third-order valence-corrected chi connectivity index (χ3v) is 5.70. The number of rotatable bonds is 6. The molecule has 4 rings (SSSR count). The second-order valence-corrected chi connectivity index (χ2v) is 7.56. The van der Waals surface area contributed by atoms with Crippen molar-refractivity contribution in [2.45, 2.75) is 13.3 Å². The average molecular weight is 459 g/mol. The van der Waals surface area contributed by atoms with Gasteiger partial charge in [0.1, 0.15) is 5.69 Å². The Morgan fingerprint density at radius 1 is 1.19 bits per heavy atom. The van der Waals surface area contributed by atoms with Crippen LogP contribution in [0, 0.1) is 0 Å². The van der Waals surface area contributed by atoms with E-state index in [2.05, 4.69) is 36.0 Å². The molecule has 0 aliphatic carbocycles. The number of aromatic nitrogens is 5. The Morgan fingerprint density at radius 2 is 1.97 bits per heavy atom. The highest BCUT2D eigenvalue weighted by atomic mass is 32.1. The van der Waals surface area contributed by atoms with Gasteiger partial charge in [0.05, 0.1) is 37.8 Å². The van der Waals surface area contributed by atoms with Crippen LogP contribution < -0.4 is 20.5 Å². The molecule has 0 aromatic carbocycles. The van der Waals surface area contributed by atoms with Crippen molar-refractivity contribution in [3.8, 4) is 11.7 Å². The number of methoxy groups -OCH3 is 1. The smallest absolute Gasteiger partial charge is 0.289 e. The predicted octanol–water partition coefficient (Wildman–Crippen LogP) is 0.601. The summed E-state index contributed by atoms with van der Waals surface area (Å²) in [5.74, 6) is -0.172. The summed E-state index contributed by atoms with van der Waals surface area (Å²) in [6, 6.07) is 3.35. The molecule has 1 saturated heterocycles. The van der Waals surface area contributed by atoms with E-state index in [9.17, 15) is 9.59 Å². The van der Waals surface area contributed by atoms with Gasteiger partial charge in [0.15, 0.2) is 10.9 Å². The Labute approximate surface area is 187 Å². The minimum atomic E-state index is -0.499. The first-order chi connectivity index (χ1) is 15.6. The Hall–Kier alpha value is -3.58. The largest absolute Gasteiger partial charge is 0.480 e. The Morgan fingerprint density at radius 3 is 2.66 bits per heavy atom. The van der Waals surface area contributed by atoms with Gasteiger partial charge in [-0.05, 0) is 12.5 Å². The molecule has 0 unspecified atom stereocenters. The summed E-state index contributed by atoms with van der Waals surface area (Å²) < 4.78 is 11.9. The van der Waals surface area contributed by atoms with E-state index in [1.165, 1.54) is 29.3 Å². The summed E-state index contributed by atoms with van der Waals surface area (Å²) in [5.41, 5.74) is 6.01. The standard InChI is InChI=1S/C19H22N8O4S/c1-3-14-12(10-20-27(14)15-4-5-16(30-2)23-22-15)17(28)24-25-18(29)13-11-32-19(21-13)26-6-8-31-9-7-26/h4-5,10-11H,3,6-9H2,1-2H3,(H,24,28)(H,25,29). The fourth-order valence-electron chi connectivity index (χ4n) is 3.15. The predicted molar refractivity (Wildman–Crippen MR) is 115 cm³/mol. The van der Waals surface area contributed by atoms with Crippen LogP contribution in [-0.4, -0.2) is 70.2 Å². The van der Waals surface area contributed by atoms with E-state index in [-0.39, 0.29) is 5.69 Å². The van der Waals surface area contributed by atoms with Crippen molar-refractivity contribution in [2.75, 3.05) is 38.3 Å². The number of carbonyl (C=O) groups excluding carboxylic acids is 2. The quantitative estimate of drug-likeness (QED) is 0.509. The fraction of sp³-hybridized carbons (Fsp3) is 0.368. The molecule has 0 atom stereocenters. The Kier molecular flexibility index (Phi) is 6.56. The molecule has 0 spiro atoms. The van der Waals surface area contributed by atoms with Crippen LogP contribution in [0.25, 0.3) is 5.82 Å². The first-order valence-corrected chi connectivity index (χ1v) is 10.8. The number of carbonyl (C=O) groups is 2. The molecular formula is C19H22N8O4S. The van der Waals surface area contributed by atoms with E-state index >= 15 is 0 Å². The maximum atomic E-state index is 12.7. The van der Waals surface area contributed by atoms with Crippen molar-refractivity contribution in [1.82, 2.24) is 35.8 Å². The van der Waals surface area contributed by atoms with Gasteiger partial charge < -0.3 is 14.4 Å². The molecular weight excluding hydrogens is 436 g/mol. The van der Waals surface area contributed by atoms with Crippen molar-refractivity contribution in [3.63, 3.8) is 0 Å². The lowest BCUT2D eigenvalue weighted by molar-refractivity contribution is 0.0843. The second-order valence-electron chi connectivity index (χ2n) is 6.73. The van der Waals surface area contributed by atoms with Crippen LogP contribution in [0.1, 0.15) is 33.5 Å². The lowest BCUT2D eigenvalue weighted by Crippen LogP contribution is -2.42. The van der Waals surface area contributed by atoms with Gasteiger partial charge in [-0.1, -0.05) is 6.92 Å². The van der Waals surface area contributed by atoms with Gasteiger partial charge in [-0.3, -0.25) is 20.4 Å². The van der Waals surface area contributed by atoms with E-state index in [0.29, 0.717) is 42.6 Å². The number of anilines is 1. The summed E-state index contributed by atoms with van der Waals surface area (Å²) >= 11 is 1.38. The lowest BCUT2D eigenvalue weighted by Gasteiger charge is -2.25. The van der Waals surface area contributed by atoms with E-state index in [1.807, 2.05) is 6.92 Å². The molecule has 0 radical (unpaired) electrons. The first kappa shape index (κ1) is 21.6. The topological polar surface area (TPSA) is 136 Å². The molecule has 3 aromatic rings. The number of thiazole rings is 1. The number of hydrogen-bond donors (Lipinski definition) is 2. The highest BCUT2D eigenvalue weighted by Gasteiger charge is 2.21. The minimum Gasteiger partial charge on any atom is -0.480 e. The van der Waals surface area contributed by atoms with Gasteiger partial charge in [-0.15, -0.1) is 21.5 Å². The summed E-state index contributed by atoms with van der Waals surface area (Å²) in [6.45, 7) is 4.61. The summed E-state index contributed by atoms with van der Waals surface area (Å²) in [4.78, 5) is 31.5. The molecule has 2 amide bonds. The lowest BCUT2D eigenvalue weighted by atomic mass is 10.2. The number of hydrazine groups is 1. The van der Waals surface area contributed by atoms with Gasteiger partial charge >= 0.3 is 0 Å². The molecule has 1 aliphatic heterocycles. The van der Waals surface area contributed by atoms with E-state index in [1.54, 1.807) is 17.5 Å². The van der Waals surface area contributed by atoms with Crippen molar-refractivity contribution in [2.24, 2.45) is 0 Å². The second kappa shape index (κ2) is 9.70. The van der Waals surface area contributed by atoms with Gasteiger partial charge in [0.25, 0.3) is 11.8 Å². The van der Waals surface area contributed by atoms with Crippen LogP contribution in [0.5, 0.6) is 5.88 Å². The molecule has 12 nitrogen and oxygen atoms in total. The SMILES string of the molecule is CCc1c(C(=O)NNC(=O)c2csc(N3CCOCC3)n2)cnn1-c1ccc(OC)nn1. The monoisotopic (exact) mass is 458 g/mol. The highest BCUT2D eigenvalue weighted by molar-refractivity contribution is 7.13. The van der Waals surface area contributed by atoms with Gasteiger partial charge in [0, 0.05) is 24.5 Å². The third-order valence-electron chi connectivity index (χ3n) is 4.80. The molecule has 3 aromatic heterocycles. The summed E-state index contributed by atoms with van der Waals surface area (Å²) in [7, 11) is 1.50. The molecule has 1 aliphatic rings. The zero-order valence-electron chi connectivity index (χ0n) is 17.6. The molecule has 4 heterocycles. The zero-order valence-corrected chi connectivity index (χ0v) is 18.4. The van der Waals surface area contributed by atoms with Gasteiger partial charge in [-0.2, -0.15) is 5.10 Å². The molecule has 32 heavy (non-hydrogen) atoms. The molecule has 2 N–H and O–H groups in total. The third kappa shape index (κ3) is 4.53. The van der Waals surface area contributed by atoms with Crippen molar-refractivity contribution < 1.29 is 19.1 Å². The van der Waals surface area contributed by atoms with Crippen LogP contribution >= 0.6 is 11.3 Å². The molecule has 0 bridgehead atoms. The van der Waals surface area contributed by atoms with Crippen LogP contribution in [0.15, 0.2) is 23.7 Å². The number of nitrogens with zero attached hydrogens (tertiary/aromatic N) is 6. The van der Waals surface area contributed by atoms with Crippen LogP contribution in [0.2, 0.25) is 0 Å². The highest BCUT2D eigenvalue weighted by Crippen LogP contribution is 2.21.